The molecule has 0 atom stereocenters. The zero-order valence-corrected chi connectivity index (χ0v) is 12.3. The predicted octanol–water partition coefficient (Wildman–Crippen LogP) is 4.09. The van der Waals surface area contributed by atoms with Crippen molar-refractivity contribution < 1.29 is 9.66 Å². The molecule has 0 fully saturated rings. The van der Waals surface area contributed by atoms with E-state index in [-0.39, 0.29) is 11.4 Å². The second-order valence-corrected chi connectivity index (χ2v) is 5.08. The summed E-state index contributed by atoms with van der Waals surface area (Å²) in [4.78, 5) is 10.3. The molecule has 0 radical (unpaired) electrons. The van der Waals surface area contributed by atoms with Gasteiger partial charge in [0.15, 0.2) is 0 Å². The number of ether oxygens (including phenoxy) is 1. The van der Waals surface area contributed by atoms with E-state index in [0.717, 1.165) is 0 Å². The number of non-ortho nitro benzene ring substituents is 1. The first-order valence-corrected chi connectivity index (χ1v) is 6.55. The van der Waals surface area contributed by atoms with Gasteiger partial charge in [-0.2, -0.15) is 0 Å². The normalized spacial score (nSPS) is 10.2. The number of halogens is 2. The summed E-state index contributed by atoms with van der Waals surface area (Å²) >= 11 is 9.14. The van der Waals surface area contributed by atoms with Crippen LogP contribution in [0.2, 0.25) is 5.02 Å². The second kappa shape index (κ2) is 6.08. The summed E-state index contributed by atoms with van der Waals surface area (Å²) in [7, 11) is 0. The highest BCUT2D eigenvalue weighted by molar-refractivity contribution is 9.10. The molecule has 3 N–H and O–H groups in total. The second-order valence-electron chi connectivity index (χ2n) is 3.79. The van der Waals surface area contributed by atoms with Gasteiger partial charge in [0.25, 0.3) is 5.69 Å². The maximum Gasteiger partial charge on any atom is 0.275 e. The van der Waals surface area contributed by atoms with Crippen molar-refractivity contribution in [3.63, 3.8) is 0 Å². The molecule has 0 heterocycles. The summed E-state index contributed by atoms with van der Waals surface area (Å²) in [5.41, 5.74) is 2.60. The molecule has 0 aromatic heterocycles. The van der Waals surface area contributed by atoms with Crippen LogP contribution >= 0.6 is 27.5 Å². The number of benzene rings is 2. The molecule has 6 nitrogen and oxygen atoms in total. The van der Waals surface area contributed by atoms with E-state index in [2.05, 4.69) is 21.4 Å². The molecule has 0 aliphatic carbocycles. The molecule has 0 saturated carbocycles. The van der Waals surface area contributed by atoms with Crippen molar-refractivity contribution in [3.8, 4) is 11.5 Å². The number of nitrogens with zero attached hydrogens (tertiary/aromatic N) is 1. The molecule has 2 rings (SSSR count). The minimum absolute atomic E-state index is 0.125. The number of nitro groups is 1. The van der Waals surface area contributed by atoms with Gasteiger partial charge in [0.1, 0.15) is 11.5 Å². The van der Waals surface area contributed by atoms with Crippen LogP contribution in [0.3, 0.4) is 0 Å². The summed E-state index contributed by atoms with van der Waals surface area (Å²) in [6.45, 7) is 0. The van der Waals surface area contributed by atoms with Crippen LogP contribution in [-0.2, 0) is 0 Å². The van der Waals surface area contributed by atoms with Gasteiger partial charge in [0.2, 0.25) is 0 Å². The zero-order valence-electron chi connectivity index (χ0n) is 9.97. The highest BCUT2D eigenvalue weighted by Crippen LogP contribution is 2.34. The van der Waals surface area contributed by atoms with Gasteiger partial charge in [-0.3, -0.25) is 16.0 Å². The summed E-state index contributed by atoms with van der Waals surface area (Å²) in [6, 6.07) is 9.14. The highest BCUT2D eigenvalue weighted by atomic mass is 79.9. The Labute approximate surface area is 127 Å². The van der Waals surface area contributed by atoms with Crippen LogP contribution < -0.4 is 16.0 Å². The smallest absolute Gasteiger partial charge is 0.275 e. The third-order valence-electron chi connectivity index (χ3n) is 2.39. The van der Waals surface area contributed by atoms with Gasteiger partial charge in [-0.15, -0.1) is 0 Å². The molecule has 0 amide bonds. The fourth-order valence-corrected chi connectivity index (χ4v) is 2.28. The lowest BCUT2D eigenvalue weighted by molar-refractivity contribution is -0.384. The van der Waals surface area contributed by atoms with Gasteiger partial charge in [-0.1, -0.05) is 11.6 Å². The average Bonchev–Trinajstić information content (AvgIpc) is 2.41. The van der Waals surface area contributed by atoms with Gasteiger partial charge in [-0.25, -0.2) is 0 Å². The molecule has 0 aliphatic heterocycles. The number of hydrogen-bond donors (Lipinski definition) is 2. The van der Waals surface area contributed by atoms with E-state index in [1.807, 2.05) is 0 Å². The molecule has 0 aliphatic rings. The lowest BCUT2D eigenvalue weighted by Gasteiger charge is -2.09. The van der Waals surface area contributed by atoms with E-state index >= 15 is 0 Å². The van der Waals surface area contributed by atoms with E-state index in [1.54, 1.807) is 24.3 Å². The fourth-order valence-electron chi connectivity index (χ4n) is 1.52. The van der Waals surface area contributed by atoms with Gasteiger partial charge in [0.05, 0.1) is 21.1 Å². The first kappa shape index (κ1) is 14.6. The van der Waals surface area contributed by atoms with E-state index in [9.17, 15) is 10.1 Å². The van der Waals surface area contributed by atoms with Gasteiger partial charge in [-0.05, 0) is 34.1 Å². The number of hydrazine groups is 1. The Bertz CT molecular complexity index is 666. The van der Waals surface area contributed by atoms with Gasteiger partial charge in [0, 0.05) is 17.2 Å². The number of anilines is 1. The van der Waals surface area contributed by atoms with Crippen molar-refractivity contribution in [3.05, 3.63) is 56.0 Å². The van der Waals surface area contributed by atoms with Crippen LogP contribution in [0.1, 0.15) is 0 Å². The molecule has 0 bridgehead atoms. The van der Waals surface area contributed by atoms with Crippen molar-refractivity contribution in [1.82, 2.24) is 0 Å². The lowest BCUT2D eigenvalue weighted by Crippen LogP contribution is -2.07. The number of hydrogen-bond acceptors (Lipinski definition) is 5. The van der Waals surface area contributed by atoms with E-state index in [4.69, 9.17) is 22.2 Å². The number of rotatable bonds is 4. The fraction of sp³-hybridized carbons (Fsp3) is 0. The summed E-state index contributed by atoms with van der Waals surface area (Å²) in [5.74, 6) is 6.05. The third kappa shape index (κ3) is 3.38. The average molecular weight is 359 g/mol. The van der Waals surface area contributed by atoms with Crippen molar-refractivity contribution in [1.29, 1.82) is 0 Å². The number of nitrogens with two attached hydrogens (primary N) is 1. The minimum Gasteiger partial charge on any atom is -0.456 e. The lowest BCUT2D eigenvalue weighted by atomic mass is 10.2. The van der Waals surface area contributed by atoms with Crippen molar-refractivity contribution >= 4 is 38.9 Å². The summed E-state index contributed by atoms with van der Waals surface area (Å²) < 4.78 is 6.23. The third-order valence-corrected chi connectivity index (χ3v) is 3.25. The molecule has 8 heteroatoms. The summed E-state index contributed by atoms with van der Waals surface area (Å²) in [5, 5.41) is 11.4. The van der Waals surface area contributed by atoms with Gasteiger partial charge >= 0.3 is 0 Å². The van der Waals surface area contributed by atoms with Crippen LogP contribution in [0, 0.1) is 10.1 Å². The Balaban J connectivity index is 2.37. The number of nitrogens with one attached hydrogen (secondary N) is 1. The van der Waals surface area contributed by atoms with Crippen LogP contribution in [0.5, 0.6) is 11.5 Å². The SMILES string of the molecule is NNc1cc(Oc2ccc(Cl)cc2Br)cc([N+](=O)[O-])c1. The van der Waals surface area contributed by atoms with Crippen molar-refractivity contribution in [2.24, 2.45) is 5.84 Å². The Morgan fingerprint density at radius 3 is 2.65 bits per heavy atom. The predicted molar refractivity (Wildman–Crippen MR) is 80.1 cm³/mol. The Morgan fingerprint density at radius 2 is 2.05 bits per heavy atom. The molecule has 0 saturated heterocycles. The van der Waals surface area contributed by atoms with E-state index < -0.39 is 4.92 Å². The van der Waals surface area contributed by atoms with Crippen LogP contribution in [0.25, 0.3) is 0 Å². The Morgan fingerprint density at radius 1 is 1.30 bits per heavy atom. The Hall–Kier alpha value is -1.83. The maximum atomic E-state index is 10.8. The molecular weight excluding hydrogens is 350 g/mol. The first-order chi connectivity index (χ1) is 9.49. The molecule has 2 aromatic rings. The molecule has 20 heavy (non-hydrogen) atoms. The molecule has 0 spiro atoms. The standard InChI is InChI=1S/C12H9BrClN3O3/c13-11-3-7(14)1-2-12(11)20-10-5-8(16-15)4-9(6-10)17(18)19/h1-6,16H,15H2. The number of nitrogen functional groups attached to an aromatic ring is 1. The molecular formula is C12H9BrClN3O3. The van der Waals surface area contributed by atoms with Crippen molar-refractivity contribution in [2.45, 2.75) is 0 Å². The van der Waals surface area contributed by atoms with Crippen molar-refractivity contribution in [2.75, 3.05) is 5.43 Å². The monoisotopic (exact) mass is 357 g/mol. The molecule has 2 aromatic carbocycles. The summed E-state index contributed by atoms with van der Waals surface area (Å²) in [6.07, 6.45) is 0. The molecule has 0 unspecified atom stereocenters. The zero-order chi connectivity index (χ0) is 14.7. The quantitative estimate of drug-likeness (QED) is 0.488. The highest BCUT2D eigenvalue weighted by Gasteiger charge is 2.12. The maximum absolute atomic E-state index is 10.8. The van der Waals surface area contributed by atoms with Crippen LogP contribution in [-0.4, -0.2) is 4.92 Å². The Kier molecular flexibility index (Phi) is 4.43. The van der Waals surface area contributed by atoms with E-state index in [0.29, 0.717) is 20.9 Å². The number of nitro benzene ring substituents is 1. The topological polar surface area (TPSA) is 90.4 Å². The minimum atomic E-state index is -0.523. The molecule has 104 valence electrons. The van der Waals surface area contributed by atoms with Crippen LogP contribution in [0.4, 0.5) is 11.4 Å². The first-order valence-electron chi connectivity index (χ1n) is 5.38. The van der Waals surface area contributed by atoms with Gasteiger partial charge < -0.3 is 10.2 Å². The largest absolute Gasteiger partial charge is 0.456 e. The van der Waals surface area contributed by atoms with E-state index in [1.165, 1.54) is 12.1 Å². The van der Waals surface area contributed by atoms with Crippen LogP contribution in [0.15, 0.2) is 40.9 Å².